The summed E-state index contributed by atoms with van der Waals surface area (Å²) in [6, 6.07) is 7.71. The highest BCUT2D eigenvalue weighted by atomic mass is 16.6. The highest BCUT2D eigenvalue weighted by Gasteiger charge is 2.53. The molecule has 1 aromatic rings. The van der Waals surface area contributed by atoms with Crippen LogP contribution in [0.3, 0.4) is 0 Å². The molecule has 3 rings (SSSR count). The molecule has 1 heterocycles. The van der Waals surface area contributed by atoms with Gasteiger partial charge in [-0.05, 0) is 56.2 Å². The van der Waals surface area contributed by atoms with E-state index in [1.54, 1.807) is 4.90 Å². The highest BCUT2D eigenvalue weighted by Crippen LogP contribution is 2.45. The molecule has 2 fully saturated rings. The number of methoxy groups -OCH3 is 1. The molecule has 1 aromatic carbocycles. The van der Waals surface area contributed by atoms with Gasteiger partial charge in [-0.1, -0.05) is 18.1 Å². The van der Waals surface area contributed by atoms with Crippen LogP contribution in [0, 0.1) is 24.7 Å². The van der Waals surface area contributed by atoms with Crippen molar-refractivity contribution >= 4 is 18.0 Å². The Hall–Kier alpha value is -3.01. The van der Waals surface area contributed by atoms with E-state index >= 15 is 0 Å². The van der Waals surface area contributed by atoms with Gasteiger partial charge in [-0.15, -0.1) is 0 Å². The quantitative estimate of drug-likeness (QED) is 0.468. The zero-order valence-electron chi connectivity index (χ0n) is 17.7. The summed E-state index contributed by atoms with van der Waals surface area (Å²) in [6.45, 7) is 2.52. The van der Waals surface area contributed by atoms with Crippen LogP contribution in [0.4, 0.5) is 4.79 Å². The number of benzene rings is 1. The minimum Gasteiger partial charge on any atom is -0.453 e. The van der Waals surface area contributed by atoms with Crippen LogP contribution in [0.25, 0.3) is 0 Å². The van der Waals surface area contributed by atoms with Crippen molar-refractivity contribution in [2.45, 2.75) is 50.7 Å². The second kappa shape index (κ2) is 9.21. The molecule has 7 nitrogen and oxygen atoms in total. The third-order valence-electron chi connectivity index (χ3n) is 5.92. The zero-order valence-corrected chi connectivity index (χ0v) is 17.7. The Morgan fingerprint density at radius 1 is 1.30 bits per heavy atom. The van der Waals surface area contributed by atoms with Crippen LogP contribution >= 0.6 is 0 Å². The van der Waals surface area contributed by atoms with E-state index in [1.165, 1.54) is 14.2 Å². The minimum absolute atomic E-state index is 0.106. The minimum atomic E-state index is -1.04. The summed E-state index contributed by atoms with van der Waals surface area (Å²) < 4.78 is 10.9. The van der Waals surface area contributed by atoms with E-state index in [4.69, 9.17) is 9.47 Å². The number of esters is 1. The largest absolute Gasteiger partial charge is 0.453 e. The fourth-order valence-corrected chi connectivity index (χ4v) is 4.52. The van der Waals surface area contributed by atoms with Crippen LogP contribution in [0.15, 0.2) is 24.3 Å². The molecule has 0 aromatic heterocycles. The molecule has 1 saturated carbocycles. The van der Waals surface area contributed by atoms with Crippen LogP contribution < -0.4 is 5.32 Å². The lowest BCUT2D eigenvalue weighted by atomic mass is 9.72. The van der Waals surface area contributed by atoms with Crippen molar-refractivity contribution in [2.24, 2.45) is 5.92 Å². The number of nitrogens with zero attached hydrogens (tertiary/aromatic N) is 1. The smallest absolute Gasteiger partial charge is 0.409 e. The molecule has 3 unspecified atom stereocenters. The van der Waals surface area contributed by atoms with Crippen LogP contribution in [-0.2, 0) is 19.1 Å². The van der Waals surface area contributed by atoms with E-state index < -0.39 is 17.5 Å². The molecule has 160 valence electrons. The Morgan fingerprint density at radius 3 is 2.80 bits per heavy atom. The van der Waals surface area contributed by atoms with Crippen LogP contribution in [0.1, 0.15) is 43.2 Å². The maximum atomic E-state index is 12.6. The second-order valence-corrected chi connectivity index (χ2v) is 7.85. The van der Waals surface area contributed by atoms with Crippen molar-refractivity contribution < 1.29 is 23.9 Å². The number of hydrogen-bond acceptors (Lipinski definition) is 5. The molecule has 1 saturated heterocycles. The summed E-state index contributed by atoms with van der Waals surface area (Å²) >= 11 is 0. The maximum Gasteiger partial charge on any atom is 0.409 e. The summed E-state index contributed by atoms with van der Waals surface area (Å²) in [7, 11) is 2.84. The van der Waals surface area contributed by atoms with E-state index in [0.717, 1.165) is 24.0 Å². The van der Waals surface area contributed by atoms with Gasteiger partial charge in [0.2, 0.25) is 5.91 Å². The lowest BCUT2D eigenvalue weighted by molar-refractivity contribution is -0.163. The molecule has 2 amide bonds. The highest BCUT2D eigenvalue weighted by molar-refractivity contribution is 5.94. The van der Waals surface area contributed by atoms with E-state index in [-0.39, 0.29) is 24.5 Å². The molecule has 1 N–H and O–H groups in total. The predicted octanol–water partition coefficient (Wildman–Crippen LogP) is 2.41. The van der Waals surface area contributed by atoms with Gasteiger partial charge >= 0.3 is 12.1 Å². The van der Waals surface area contributed by atoms with E-state index in [9.17, 15) is 14.4 Å². The Balaban J connectivity index is 1.94. The third kappa shape index (κ3) is 4.59. The first-order valence-corrected chi connectivity index (χ1v) is 10.3. The Morgan fingerprint density at radius 2 is 2.10 bits per heavy atom. The predicted molar refractivity (Wildman–Crippen MR) is 110 cm³/mol. The standard InChI is InChI=1S/C23H28N2O5/c1-16-6-4-7-17(14-16)9-12-23(30-21(27)15-20(26)24-2)11-5-8-19-18(23)10-13-25(19)22(28)29-3/h4,6-7,14,18-19H,5,8,10-11,13,15H2,1-3H3,(H,24,26). The van der Waals surface area contributed by atoms with E-state index in [0.29, 0.717) is 19.4 Å². The summed E-state index contributed by atoms with van der Waals surface area (Å²) in [5, 5.41) is 2.44. The summed E-state index contributed by atoms with van der Waals surface area (Å²) in [5.74, 6) is 5.28. The monoisotopic (exact) mass is 412 g/mol. The van der Waals surface area contributed by atoms with Gasteiger partial charge in [-0.3, -0.25) is 9.59 Å². The number of ether oxygens (including phenoxy) is 2. The van der Waals surface area contributed by atoms with Crippen molar-refractivity contribution in [2.75, 3.05) is 20.7 Å². The van der Waals surface area contributed by atoms with E-state index in [2.05, 4.69) is 17.2 Å². The molecular formula is C23H28N2O5. The number of carbonyl (C=O) groups is 3. The van der Waals surface area contributed by atoms with Crippen LogP contribution in [0.2, 0.25) is 0 Å². The van der Waals surface area contributed by atoms with Gasteiger partial charge in [0.05, 0.1) is 7.11 Å². The number of hydrogen-bond donors (Lipinski definition) is 1. The summed E-state index contributed by atoms with van der Waals surface area (Å²) in [4.78, 5) is 38.1. The molecule has 30 heavy (non-hydrogen) atoms. The Bertz CT molecular complexity index is 887. The summed E-state index contributed by atoms with van der Waals surface area (Å²) in [5.41, 5.74) is 0.883. The number of rotatable bonds is 3. The van der Waals surface area contributed by atoms with Gasteiger partial charge in [0.25, 0.3) is 0 Å². The maximum absolute atomic E-state index is 12.6. The molecule has 0 radical (unpaired) electrons. The number of aryl methyl sites for hydroxylation is 1. The summed E-state index contributed by atoms with van der Waals surface area (Å²) in [6.07, 6.45) is 2.06. The lowest BCUT2D eigenvalue weighted by Gasteiger charge is -2.42. The topological polar surface area (TPSA) is 84.9 Å². The van der Waals surface area contributed by atoms with E-state index in [1.807, 2.05) is 31.2 Å². The van der Waals surface area contributed by atoms with Gasteiger partial charge in [0.1, 0.15) is 6.42 Å². The normalized spacial score (nSPS) is 24.8. The first kappa shape index (κ1) is 21.7. The molecule has 0 bridgehead atoms. The van der Waals surface area contributed by atoms with Gasteiger partial charge in [-0.25, -0.2) is 4.79 Å². The molecule has 3 atom stereocenters. The fraction of sp³-hybridized carbons (Fsp3) is 0.522. The number of nitrogens with one attached hydrogen (secondary N) is 1. The van der Waals surface area contributed by atoms with Gasteiger partial charge < -0.3 is 19.7 Å². The SMILES string of the molecule is CNC(=O)CC(=O)OC1(C#Cc2cccc(C)c2)CCCC2C1CCN2C(=O)OC. The molecule has 1 aliphatic carbocycles. The molecule has 7 heteroatoms. The molecule has 2 aliphatic rings. The van der Waals surface area contributed by atoms with Crippen molar-refractivity contribution in [3.8, 4) is 11.8 Å². The van der Waals surface area contributed by atoms with Crippen LogP contribution in [-0.4, -0.2) is 55.2 Å². The Kier molecular flexibility index (Phi) is 6.66. The van der Waals surface area contributed by atoms with Crippen molar-refractivity contribution in [3.63, 3.8) is 0 Å². The van der Waals surface area contributed by atoms with Gasteiger partial charge in [0.15, 0.2) is 5.60 Å². The van der Waals surface area contributed by atoms with Crippen LogP contribution in [0.5, 0.6) is 0 Å². The Labute approximate surface area is 177 Å². The fourth-order valence-electron chi connectivity index (χ4n) is 4.52. The molecular weight excluding hydrogens is 384 g/mol. The average molecular weight is 412 g/mol. The van der Waals surface area contributed by atoms with Crippen molar-refractivity contribution in [1.29, 1.82) is 0 Å². The van der Waals surface area contributed by atoms with Crippen molar-refractivity contribution in [3.05, 3.63) is 35.4 Å². The zero-order chi connectivity index (χ0) is 21.7. The third-order valence-corrected chi connectivity index (χ3v) is 5.92. The molecule has 0 spiro atoms. The van der Waals surface area contributed by atoms with Crippen molar-refractivity contribution in [1.82, 2.24) is 10.2 Å². The van der Waals surface area contributed by atoms with Gasteiger partial charge in [0, 0.05) is 31.1 Å². The number of amides is 2. The number of carbonyl (C=O) groups excluding carboxylic acids is 3. The average Bonchev–Trinajstić information content (AvgIpc) is 3.17. The first-order valence-electron chi connectivity index (χ1n) is 10.3. The lowest BCUT2D eigenvalue weighted by Crippen LogP contribution is -2.52. The number of likely N-dealkylation sites (tertiary alicyclic amines) is 1. The molecule has 1 aliphatic heterocycles. The first-order chi connectivity index (χ1) is 14.4. The second-order valence-electron chi connectivity index (χ2n) is 7.85. The van der Waals surface area contributed by atoms with Gasteiger partial charge in [-0.2, -0.15) is 0 Å². The number of fused-ring (bicyclic) bond motifs is 1.